The van der Waals surface area contributed by atoms with Crippen molar-refractivity contribution in [1.29, 1.82) is 0 Å². The van der Waals surface area contributed by atoms with Crippen LogP contribution in [0.3, 0.4) is 0 Å². The Kier molecular flexibility index (Phi) is 5.30. The number of hydrogen-bond donors (Lipinski definition) is 0. The van der Waals surface area contributed by atoms with E-state index < -0.39 is 11.6 Å². The van der Waals surface area contributed by atoms with Crippen LogP contribution in [0.2, 0.25) is 0 Å². The zero-order valence-electron chi connectivity index (χ0n) is 17.1. The number of aryl methyl sites for hydroxylation is 1. The number of amides is 2. The molecule has 2 aliphatic rings. The van der Waals surface area contributed by atoms with Gasteiger partial charge in [-0.1, -0.05) is 36.4 Å². The molecule has 2 aromatic carbocycles. The van der Waals surface area contributed by atoms with Crippen molar-refractivity contribution in [3.63, 3.8) is 0 Å². The predicted molar refractivity (Wildman–Crippen MR) is 110 cm³/mol. The average Bonchev–Trinajstić information content (AvgIpc) is 3.11. The summed E-state index contributed by atoms with van der Waals surface area (Å²) in [5, 5.41) is 0. The monoisotopic (exact) mass is 408 g/mol. The number of anilines is 1. The Balaban J connectivity index is 1.74. The average molecular weight is 408 g/mol. The van der Waals surface area contributed by atoms with Gasteiger partial charge in [-0.3, -0.25) is 14.5 Å². The molecule has 2 aromatic rings. The second-order valence-electron chi connectivity index (χ2n) is 7.52. The number of esters is 1. The number of carbonyl (C=O) groups excluding carboxylic acids is 3. The lowest BCUT2D eigenvalue weighted by atomic mass is 9.96. The second-order valence-corrected chi connectivity index (χ2v) is 7.52. The van der Waals surface area contributed by atoms with Crippen molar-refractivity contribution in [3.8, 4) is 0 Å². The predicted octanol–water partition coefficient (Wildman–Crippen LogP) is 2.66. The van der Waals surface area contributed by atoms with E-state index >= 15 is 0 Å². The number of methoxy groups -OCH3 is 1. The minimum absolute atomic E-state index is 0.0727. The molecule has 30 heavy (non-hydrogen) atoms. The van der Waals surface area contributed by atoms with Crippen LogP contribution < -0.4 is 4.90 Å². The van der Waals surface area contributed by atoms with Crippen LogP contribution >= 0.6 is 0 Å². The second kappa shape index (κ2) is 7.91. The number of ether oxygens (including phenoxy) is 2. The molecule has 0 aromatic heterocycles. The fourth-order valence-electron chi connectivity index (χ4n) is 4.27. The first-order valence-corrected chi connectivity index (χ1v) is 9.95. The first-order valence-electron chi connectivity index (χ1n) is 9.95. The summed E-state index contributed by atoms with van der Waals surface area (Å²) in [5.74, 6) is -1.11. The van der Waals surface area contributed by atoms with Gasteiger partial charge in [0, 0.05) is 26.5 Å². The van der Waals surface area contributed by atoms with Crippen molar-refractivity contribution in [2.45, 2.75) is 32.0 Å². The van der Waals surface area contributed by atoms with Crippen molar-refractivity contribution in [3.05, 3.63) is 65.2 Å². The van der Waals surface area contributed by atoms with Gasteiger partial charge >= 0.3 is 5.97 Å². The molecule has 0 bridgehead atoms. The highest BCUT2D eigenvalue weighted by Gasteiger charge is 2.61. The first kappa shape index (κ1) is 20.1. The highest BCUT2D eigenvalue weighted by atomic mass is 16.5. The summed E-state index contributed by atoms with van der Waals surface area (Å²) in [6, 6.07) is 14.5. The normalized spacial score (nSPS) is 20.2. The molecule has 4 rings (SSSR count). The molecular weight excluding hydrogens is 384 g/mol. The quantitative estimate of drug-likeness (QED) is 0.687. The molecule has 1 fully saturated rings. The molecule has 2 amide bonds. The van der Waals surface area contributed by atoms with Crippen molar-refractivity contribution in [1.82, 2.24) is 4.90 Å². The Morgan fingerprint density at radius 1 is 1.10 bits per heavy atom. The lowest BCUT2D eigenvalue weighted by Crippen LogP contribution is -2.68. The fourth-order valence-corrected chi connectivity index (χ4v) is 4.27. The molecule has 7 heteroatoms. The van der Waals surface area contributed by atoms with Gasteiger partial charge in [0.15, 0.2) is 0 Å². The Morgan fingerprint density at radius 3 is 2.60 bits per heavy atom. The minimum Gasteiger partial charge on any atom is -0.458 e. The maximum atomic E-state index is 13.5. The van der Waals surface area contributed by atoms with Gasteiger partial charge in [0.25, 0.3) is 5.91 Å². The molecule has 0 aliphatic carbocycles. The van der Waals surface area contributed by atoms with Gasteiger partial charge in [-0.15, -0.1) is 0 Å². The lowest BCUT2D eigenvalue weighted by Gasteiger charge is -2.48. The highest BCUT2D eigenvalue weighted by Crippen LogP contribution is 2.45. The molecule has 2 heterocycles. The summed E-state index contributed by atoms with van der Waals surface area (Å²) in [6.07, 6.45) is 0.340. The third-order valence-corrected chi connectivity index (χ3v) is 5.84. The molecule has 1 unspecified atom stereocenters. The van der Waals surface area contributed by atoms with E-state index in [9.17, 15) is 14.4 Å². The van der Waals surface area contributed by atoms with Gasteiger partial charge in [0.1, 0.15) is 6.61 Å². The summed E-state index contributed by atoms with van der Waals surface area (Å²) < 4.78 is 10.9. The first-order chi connectivity index (χ1) is 14.5. The van der Waals surface area contributed by atoms with Gasteiger partial charge in [-0.2, -0.15) is 0 Å². The van der Waals surface area contributed by atoms with Crippen LogP contribution in [-0.2, 0) is 25.7 Å². The van der Waals surface area contributed by atoms with Crippen LogP contribution in [0.5, 0.6) is 0 Å². The molecule has 0 spiro atoms. The maximum absolute atomic E-state index is 13.5. The topological polar surface area (TPSA) is 76.2 Å². The molecule has 1 saturated heterocycles. The fraction of sp³-hybridized carbons (Fsp3) is 0.348. The third kappa shape index (κ3) is 3.06. The van der Waals surface area contributed by atoms with Gasteiger partial charge in [0.05, 0.1) is 17.9 Å². The molecule has 7 nitrogen and oxygen atoms in total. The summed E-state index contributed by atoms with van der Waals surface area (Å²) >= 11 is 0. The smallest absolute Gasteiger partial charge is 0.354 e. The number of carbonyl (C=O) groups is 3. The van der Waals surface area contributed by atoms with Crippen molar-refractivity contribution >= 4 is 23.5 Å². The zero-order chi connectivity index (χ0) is 21.3. The van der Waals surface area contributed by atoms with E-state index in [4.69, 9.17) is 9.47 Å². The van der Waals surface area contributed by atoms with E-state index in [-0.39, 0.29) is 44.4 Å². The van der Waals surface area contributed by atoms with Crippen LogP contribution in [-0.4, -0.2) is 48.6 Å². The third-order valence-electron chi connectivity index (χ3n) is 5.84. The molecule has 0 radical (unpaired) electrons. The molecular formula is C23H24N2O5. The van der Waals surface area contributed by atoms with E-state index in [1.165, 1.54) is 16.9 Å². The lowest BCUT2D eigenvalue weighted by molar-refractivity contribution is -0.159. The van der Waals surface area contributed by atoms with E-state index in [0.29, 0.717) is 11.3 Å². The van der Waals surface area contributed by atoms with E-state index in [1.54, 1.807) is 24.3 Å². The molecule has 0 saturated carbocycles. The van der Waals surface area contributed by atoms with Crippen LogP contribution in [0.25, 0.3) is 0 Å². The summed E-state index contributed by atoms with van der Waals surface area (Å²) in [5.41, 5.74) is 1.23. The standard InChI is InChI=1S/C23H24N2O5/c1-16-7-3-4-8-17(16)15-30-22(28)23-12-11-20(26)25(23)19-10-6-5-9-18(19)21(27)24(23)13-14-29-2/h3-10H,11-15H2,1-2H3. The molecule has 156 valence electrons. The van der Waals surface area contributed by atoms with Crippen LogP contribution in [0.15, 0.2) is 48.5 Å². The largest absolute Gasteiger partial charge is 0.458 e. The van der Waals surface area contributed by atoms with E-state index in [1.807, 2.05) is 31.2 Å². The zero-order valence-corrected chi connectivity index (χ0v) is 17.1. The van der Waals surface area contributed by atoms with Crippen LogP contribution in [0, 0.1) is 6.92 Å². The van der Waals surface area contributed by atoms with Crippen LogP contribution in [0.4, 0.5) is 5.69 Å². The van der Waals surface area contributed by atoms with Gasteiger partial charge in [0.2, 0.25) is 11.6 Å². The molecule has 1 atom stereocenters. The Hall–Kier alpha value is -3.19. The maximum Gasteiger partial charge on any atom is 0.354 e. The van der Waals surface area contributed by atoms with Gasteiger partial charge in [-0.25, -0.2) is 4.79 Å². The van der Waals surface area contributed by atoms with Gasteiger partial charge in [-0.05, 0) is 30.2 Å². The van der Waals surface area contributed by atoms with E-state index in [0.717, 1.165) is 11.1 Å². The summed E-state index contributed by atoms with van der Waals surface area (Å²) in [6.45, 7) is 2.43. The number of para-hydroxylation sites is 1. The number of rotatable bonds is 6. The minimum atomic E-state index is -1.50. The Bertz CT molecular complexity index is 1000. The number of benzene rings is 2. The number of fused-ring (bicyclic) bond motifs is 3. The number of nitrogens with zero attached hydrogens (tertiary/aromatic N) is 2. The molecule has 2 aliphatic heterocycles. The summed E-state index contributed by atoms with van der Waals surface area (Å²) in [4.78, 5) is 42.6. The van der Waals surface area contributed by atoms with Crippen molar-refractivity contribution in [2.24, 2.45) is 0 Å². The van der Waals surface area contributed by atoms with E-state index in [2.05, 4.69) is 0 Å². The summed E-state index contributed by atoms with van der Waals surface area (Å²) in [7, 11) is 1.53. The molecule has 0 N–H and O–H groups in total. The number of hydrogen-bond acceptors (Lipinski definition) is 5. The van der Waals surface area contributed by atoms with Crippen LogP contribution in [0.1, 0.15) is 34.3 Å². The van der Waals surface area contributed by atoms with Crippen molar-refractivity contribution in [2.75, 3.05) is 25.2 Å². The SMILES string of the molecule is COCCN1C(=O)c2ccccc2N2C(=O)CCC12C(=O)OCc1ccccc1C. The Morgan fingerprint density at radius 2 is 1.83 bits per heavy atom. The Labute approximate surface area is 175 Å². The van der Waals surface area contributed by atoms with Gasteiger partial charge < -0.3 is 14.4 Å². The highest BCUT2D eigenvalue weighted by molar-refractivity contribution is 6.15. The van der Waals surface area contributed by atoms with Crippen molar-refractivity contribution < 1.29 is 23.9 Å².